The molecule has 16 nitrogen and oxygen atoms in total. The average molecular weight is 777 g/mol. The fourth-order valence-electron chi connectivity index (χ4n) is 6.32. The number of para-hydroxylation sites is 2. The third kappa shape index (κ3) is 10.3. The molecule has 56 heavy (non-hydrogen) atoms. The maximum absolute atomic E-state index is 13.1. The number of ether oxygens (including phenoxy) is 6. The number of methoxy groups -OCH3 is 2. The average Bonchev–Trinajstić information content (AvgIpc) is 3.23. The summed E-state index contributed by atoms with van der Waals surface area (Å²) in [5, 5.41) is 38.2. The second kappa shape index (κ2) is 20.8. The Balaban J connectivity index is 0.000000214. The molecule has 2 aliphatic rings. The Morgan fingerprint density at radius 2 is 1.11 bits per heavy atom. The van der Waals surface area contributed by atoms with Crippen LogP contribution in [0.5, 0.6) is 34.5 Å². The van der Waals surface area contributed by atoms with Crippen LogP contribution in [0.2, 0.25) is 0 Å². The minimum absolute atomic E-state index is 0.0168. The highest BCUT2D eigenvalue weighted by Gasteiger charge is 2.32. The van der Waals surface area contributed by atoms with Gasteiger partial charge in [0.1, 0.15) is 13.2 Å². The minimum atomic E-state index is -0.310. The number of phenolic OH excluding ortho intramolecular Hbond substituents is 2. The van der Waals surface area contributed by atoms with Gasteiger partial charge in [0.2, 0.25) is 11.5 Å². The van der Waals surface area contributed by atoms with Gasteiger partial charge < -0.3 is 58.6 Å². The number of aromatic nitrogens is 2. The van der Waals surface area contributed by atoms with E-state index in [4.69, 9.17) is 28.4 Å². The van der Waals surface area contributed by atoms with Crippen LogP contribution in [0, 0.1) is 0 Å². The molecule has 4 N–H and O–H groups in total. The van der Waals surface area contributed by atoms with E-state index in [1.54, 1.807) is 70.7 Å². The maximum Gasteiger partial charge on any atom is 0.256 e. The summed E-state index contributed by atoms with van der Waals surface area (Å²) in [5.74, 6) is 0.899. The fourth-order valence-corrected chi connectivity index (χ4v) is 6.32. The first-order valence-electron chi connectivity index (χ1n) is 18.2. The molecule has 2 aliphatic heterocycles. The Bertz CT molecular complexity index is 1760. The lowest BCUT2D eigenvalue weighted by molar-refractivity contribution is -0.0154. The summed E-state index contributed by atoms with van der Waals surface area (Å²) in [7, 11) is 2.90. The van der Waals surface area contributed by atoms with E-state index in [0.717, 1.165) is 0 Å². The van der Waals surface area contributed by atoms with E-state index in [1.807, 2.05) is 0 Å². The molecule has 2 fully saturated rings. The molecule has 0 bridgehead atoms. The molecule has 2 aromatic carbocycles. The van der Waals surface area contributed by atoms with Crippen molar-refractivity contribution >= 4 is 11.8 Å². The van der Waals surface area contributed by atoms with E-state index in [9.17, 15) is 30.0 Å². The molecule has 2 amide bonds. The normalized spacial score (nSPS) is 16.6. The first-order valence-corrected chi connectivity index (χ1v) is 18.2. The highest BCUT2D eigenvalue weighted by molar-refractivity contribution is 5.96. The van der Waals surface area contributed by atoms with Gasteiger partial charge in [0.05, 0.1) is 75.2 Å². The number of pyridine rings is 2. The first-order chi connectivity index (χ1) is 27.3. The summed E-state index contributed by atoms with van der Waals surface area (Å²) in [6.07, 6.45) is 3.84. The van der Waals surface area contributed by atoms with E-state index in [0.29, 0.717) is 86.4 Å². The van der Waals surface area contributed by atoms with Crippen molar-refractivity contribution in [2.75, 3.05) is 80.2 Å². The SMILES string of the molecule is COc1c(O)cccc1OC[C@@H]1COCCN1C(=O)c1cccnc1CCO.COc1c(O)cccc1OC[C@@H]1COCCN1C(=O)c1cccnc1CCO. The highest BCUT2D eigenvalue weighted by atomic mass is 16.5. The molecule has 0 radical (unpaired) electrons. The number of carbonyl (C=O) groups excluding carboxylic acids is 2. The number of aliphatic hydroxyl groups is 2. The standard InChI is InChI=1S/2C20H24N2O6/c2*1-26-19-17(24)5-2-6-18(19)28-13-14-12-27-11-9-22(14)20(25)15-4-3-8-21-16(15)7-10-23/h2*2-6,8,14,23-24H,7,9-13H2,1H3/t2*14-/m00/s1. The second-order valence-electron chi connectivity index (χ2n) is 12.6. The molecule has 300 valence electrons. The largest absolute Gasteiger partial charge is 0.504 e. The number of rotatable bonds is 14. The van der Waals surface area contributed by atoms with Crippen LogP contribution in [0.3, 0.4) is 0 Å². The minimum Gasteiger partial charge on any atom is -0.504 e. The quantitative estimate of drug-likeness (QED) is 0.146. The van der Waals surface area contributed by atoms with Crippen molar-refractivity contribution in [3.8, 4) is 34.5 Å². The summed E-state index contributed by atoms with van der Waals surface area (Å²) in [6.45, 7) is 2.61. The van der Waals surface area contributed by atoms with Gasteiger partial charge in [-0.2, -0.15) is 0 Å². The third-order valence-corrected chi connectivity index (χ3v) is 9.10. The molecule has 2 aromatic heterocycles. The predicted molar refractivity (Wildman–Crippen MR) is 202 cm³/mol. The second-order valence-corrected chi connectivity index (χ2v) is 12.6. The van der Waals surface area contributed by atoms with E-state index in [2.05, 4.69) is 9.97 Å². The van der Waals surface area contributed by atoms with Gasteiger partial charge in [-0.3, -0.25) is 19.6 Å². The topological polar surface area (TPSA) is 203 Å². The molecule has 16 heteroatoms. The Hall–Kier alpha value is -5.68. The number of amides is 2. The van der Waals surface area contributed by atoms with Crippen LogP contribution < -0.4 is 18.9 Å². The first kappa shape index (κ1) is 41.5. The molecular formula is C40H48N4O12. The number of hydrogen-bond acceptors (Lipinski definition) is 14. The van der Waals surface area contributed by atoms with Gasteiger partial charge in [0.15, 0.2) is 23.0 Å². The molecule has 6 rings (SSSR count). The van der Waals surface area contributed by atoms with E-state index in [1.165, 1.54) is 26.4 Å². The molecule has 0 saturated carbocycles. The van der Waals surface area contributed by atoms with E-state index in [-0.39, 0.29) is 73.3 Å². The lowest BCUT2D eigenvalue weighted by atomic mass is 10.1. The van der Waals surface area contributed by atoms with Crippen molar-refractivity contribution in [2.24, 2.45) is 0 Å². The van der Waals surface area contributed by atoms with Crippen LogP contribution >= 0.6 is 0 Å². The lowest BCUT2D eigenvalue weighted by Gasteiger charge is -2.35. The zero-order chi connectivity index (χ0) is 39.9. The number of benzene rings is 2. The smallest absolute Gasteiger partial charge is 0.256 e. The van der Waals surface area contributed by atoms with Crippen LogP contribution in [-0.4, -0.2) is 144 Å². The molecule has 2 atom stereocenters. The van der Waals surface area contributed by atoms with Crippen LogP contribution in [0.25, 0.3) is 0 Å². The summed E-state index contributed by atoms with van der Waals surface area (Å²) in [6, 6.07) is 15.9. The predicted octanol–water partition coefficient (Wildman–Crippen LogP) is 2.50. The maximum atomic E-state index is 13.1. The van der Waals surface area contributed by atoms with Crippen LogP contribution in [0.4, 0.5) is 0 Å². The number of aliphatic hydroxyl groups excluding tert-OH is 2. The Morgan fingerprint density at radius 1 is 0.679 bits per heavy atom. The number of morpholine rings is 2. The van der Waals surface area contributed by atoms with Gasteiger partial charge in [-0.05, 0) is 48.5 Å². The molecule has 4 heterocycles. The zero-order valence-electron chi connectivity index (χ0n) is 31.4. The number of nitrogens with zero attached hydrogens (tertiary/aromatic N) is 4. The van der Waals surface area contributed by atoms with E-state index < -0.39 is 0 Å². The number of carbonyl (C=O) groups is 2. The van der Waals surface area contributed by atoms with Gasteiger partial charge in [-0.1, -0.05) is 12.1 Å². The summed E-state index contributed by atoms with van der Waals surface area (Å²) >= 11 is 0. The van der Waals surface area contributed by atoms with Gasteiger partial charge in [0, 0.05) is 51.5 Å². The zero-order valence-corrected chi connectivity index (χ0v) is 31.4. The van der Waals surface area contributed by atoms with Crippen LogP contribution in [0.15, 0.2) is 73.1 Å². The molecule has 0 aliphatic carbocycles. The molecule has 4 aromatic rings. The number of hydrogen-bond donors (Lipinski definition) is 4. The van der Waals surface area contributed by atoms with E-state index >= 15 is 0 Å². The van der Waals surface area contributed by atoms with Crippen molar-refractivity contribution in [3.05, 3.63) is 95.6 Å². The van der Waals surface area contributed by atoms with Crippen LogP contribution in [0.1, 0.15) is 32.1 Å². The Kier molecular flexibility index (Phi) is 15.4. The molecule has 2 saturated heterocycles. The summed E-state index contributed by atoms with van der Waals surface area (Å²) in [4.78, 5) is 38.1. The van der Waals surface area contributed by atoms with Gasteiger partial charge in [-0.25, -0.2) is 0 Å². The number of phenols is 2. The van der Waals surface area contributed by atoms with Crippen LogP contribution in [-0.2, 0) is 22.3 Å². The number of aromatic hydroxyl groups is 2. The van der Waals surface area contributed by atoms with Crippen molar-refractivity contribution < 1.29 is 58.4 Å². The molecule has 0 unspecified atom stereocenters. The molecular weight excluding hydrogens is 728 g/mol. The van der Waals surface area contributed by atoms with Gasteiger partial charge >= 0.3 is 0 Å². The Labute approximate surface area is 324 Å². The third-order valence-electron chi connectivity index (χ3n) is 9.10. The monoisotopic (exact) mass is 776 g/mol. The van der Waals surface area contributed by atoms with Crippen molar-refractivity contribution in [1.29, 1.82) is 0 Å². The Morgan fingerprint density at radius 3 is 1.50 bits per heavy atom. The highest BCUT2D eigenvalue weighted by Crippen LogP contribution is 2.37. The molecule has 0 spiro atoms. The lowest BCUT2D eigenvalue weighted by Crippen LogP contribution is -2.51. The van der Waals surface area contributed by atoms with Gasteiger partial charge in [-0.15, -0.1) is 0 Å². The fraction of sp³-hybridized carbons (Fsp3) is 0.400. The summed E-state index contributed by atoms with van der Waals surface area (Å²) in [5.41, 5.74) is 2.07. The summed E-state index contributed by atoms with van der Waals surface area (Å²) < 4.78 is 33.1. The van der Waals surface area contributed by atoms with Crippen molar-refractivity contribution in [3.63, 3.8) is 0 Å². The van der Waals surface area contributed by atoms with Crippen molar-refractivity contribution in [2.45, 2.75) is 24.9 Å². The van der Waals surface area contributed by atoms with Crippen molar-refractivity contribution in [1.82, 2.24) is 19.8 Å². The van der Waals surface area contributed by atoms with Gasteiger partial charge in [0.25, 0.3) is 11.8 Å².